The molecular weight excluding hydrogens is 392 g/mol. The number of aryl methyl sites for hydroxylation is 1. The Balaban J connectivity index is 1.22. The Hall–Kier alpha value is -2.54. The summed E-state index contributed by atoms with van der Waals surface area (Å²) in [6.07, 6.45) is 1.01. The molecule has 0 atom stereocenters. The van der Waals surface area contributed by atoms with Crippen molar-refractivity contribution in [1.82, 2.24) is 14.8 Å². The van der Waals surface area contributed by atoms with Gasteiger partial charge in [-0.15, -0.1) is 11.3 Å². The van der Waals surface area contributed by atoms with Crippen LogP contribution < -0.4 is 5.32 Å². The van der Waals surface area contributed by atoms with Crippen molar-refractivity contribution in [3.8, 4) is 11.3 Å². The lowest BCUT2D eigenvalue weighted by atomic mass is 10.1. The van der Waals surface area contributed by atoms with E-state index in [9.17, 15) is 4.79 Å². The Kier molecular flexibility index (Phi) is 6.89. The third-order valence-electron chi connectivity index (χ3n) is 5.46. The largest absolute Gasteiger partial charge is 0.325 e. The quantitative estimate of drug-likeness (QED) is 0.624. The Labute approximate surface area is 182 Å². The third-order valence-corrected chi connectivity index (χ3v) is 6.29. The van der Waals surface area contributed by atoms with E-state index in [-0.39, 0.29) is 5.91 Å². The predicted octanol–water partition coefficient (Wildman–Crippen LogP) is 4.13. The van der Waals surface area contributed by atoms with Gasteiger partial charge in [0.05, 0.1) is 18.8 Å². The molecule has 1 N–H and O–H groups in total. The van der Waals surface area contributed by atoms with Gasteiger partial charge in [-0.05, 0) is 24.1 Å². The number of hydrogen-bond donors (Lipinski definition) is 1. The first-order valence-electron chi connectivity index (χ1n) is 10.5. The van der Waals surface area contributed by atoms with E-state index in [2.05, 4.69) is 51.7 Å². The molecule has 156 valence electrons. The zero-order valence-electron chi connectivity index (χ0n) is 17.4. The fraction of sp³-hybridized carbons (Fsp3) is 0.333. The summed E-state index contributed by atoms with van der Waals surface area (Å²) >= 11 is 1.72. The van der Waals surface area contributed by atoms with Gasteiger partial charge in [0.1, 0.15) is 5.01 Å². The van der Waals surface area contributed by atoms with Gasteiger partial charge in [0.15, 0.2) is 0 Å². The van der Waals surface area contributed by atoms with Crippen molar-refractivity contribution in [3.63, 3.8) is 0 Å². The number of carbonyl (C=O) groups excluding carboxylic acids is 1. The highest BCUT2D eigenvalue weighted by molar-refractivity contribution is 7.09. The van der Waals surface area contributed by atoms with Crippen molar-refractivity contribution in [1.29, 1.82) is 0 Å². The Morgan fingerprint density at radius 1 is 1.00 bits per heavy atom. The number of nitrogens with zero attached hydrogens (tertiary/aromatic N) is 3. The highest BCUT2D eigenvalue weighted by Crippen LogP contribution is 2.22. The number of thiazole rings is 1. The number of amides is 1. The molecule has 1 amide bonds. The second kappa shape index (κ2) is 9.98. The van der Waals surface area contributed by atoms with Gasteiger partial charge in [0.25, 0.3) is 0 Å². The smallest absolute Gasteiger partial charge is 0.238 e. The van der Waals surface area contributed by atoms with Gasteiger partial charge < -0.3 is 5.32 Å². The second-order valence-electron chi connectivity index (χ2n) is 7.64. The molecule has 3 aromatic rings. The van der Waals surface area contributed by atoms with Crippen molar-refractivity contribution in [2.24, 2.45) is 0 Å². The van der Waals surface area contributed by atoms with Gasteiger partial charge in [-0.25, -0.2) is 4.98 Å². The van der Waals surface area contributed by atoms with Gasteiger partial charge in [-0.1, -0.05) is 49.4 Å². The van der Waals surface area contributed by atoms with Gasteiger partial charge in [-0.3, -0.25) is 14.6 Å². The predicted molar refractivity (Wildman–Crippen MR) is 124 cm³/mol. The molecule has 0 radical (unpaired) electrons. The molecule has 5 nitrogen and oxygen atoms in total. The zero-order valence-corrected chi connectivity index (χ0v) is 18.2. The molecule has 0 unspecified atom stereocenters. The average Bonchev–Trinajstić information content (AvgIpc) is 3.25. The highest BCUT2D eigenvalue weighted by Gasteiger charge is 2.20. The molecular formula is C24H28N4OS. The first-order chi connectivity index (χ1) is 14.7. The van der Waals surface area contributed by atoms with E-state index in [1.165, 1.54) is 11.1 Å². The molecule has 2 aromatic carbocycles. The fourth-order valence-electron chi connectivity index (χ4n) is 3.65. The third kappa shape index (κ3) is 5.53. The molecule has 1 aliphatic heterocycles. The summed E-state index contributed by atoms with van der Waals surface area (Å²) < 4.78 is 0. The molecule has 30 heavy (non-hydrogen) atoms. The number of piperazine rings is 1. The van der Waals surface area contributed by atoms with Crippen LogP contribution in [0.3, 0.4) is 0 Å². The van der Waals surface area contributed by atoms with Crippen molar-refractivity contribution in [2.45, 2.75) is 19.9 Å². The summed E-state index contributed by atoms with van der Waals surface area (Å²) in [4.78, 5) is 21.8. The summed E-state index contributed by atoms with van der Waals surface area (Å²) in [6, 6.07) is 18.4. The Morgan fingerprint density at radius 3 is 2.40 bits per heavy atom. The monoisotopic (exact) mass is 420 g/mol. The van der Waals surface area contributed by atoms with E-state index in [0.717, 1.165) is 55.5 Å². The lowest BCUT2D eigenvalue weighted by Crippen LogP contribution is -2.48. The number of hydrogen-bond acceptors (Lipinski definition) is 5. The molecule has 4 rings (SSSR count). The number of carbonyl (C=O) groups is 1. The van der Waals surface area contributed by atoms with Gasteiger partial charge in [-0.2, -0.15) is 0 Å². The fourth-order valence-corrected chi connectivity index (χ4v) is 4.49. The number of rotatable bonds is 7. The van der Waals surface area contributed by atoms with Crippen LogP contribution in [-0.2, 0) is 17.8 Å². The van der Waals surface area contributed by atoms with Crippen molar-refractivity contribution in [2.75, 3.05) is 38.0 Å². The lowest BCUT2D eigenvalue weighted by Gasteiger charge is -2.33. The molecule has 0 spiro atoms. The molecule has 2 heterocycles. The summed E-state index contributed by atoms with van der Waals surface area (Å²) in [5.74, 6) is 0.0557. The topological polar surface area (TPSA) is 48.5 Å². The SMILES string of the molecule is CCc1ccc(NC(=O)CN2CCN(Cc3nc(-c4ccccc4)cs3)CC2)cc1. The van der Waals surface area contributed by atoms with Crippen LogP contribution in [0.15, 0.2) is 60.0 Å². The van der Waals surface area contributed by atoms with Crippen LogP contribution in [0.5, 0.6) is 0 Å². The van der Waals surface area contributed by atoms with E-state index in [1.807, 2.05) is 30.3 Å². The minimum Gasteiger partial charge on any atom is -0.325 e. The molecule has 1 fully saturated rings. The highest BCUT2D eigenvalue weighted by atomic mass is 32.1. The van der Waals surface area contributed by atoms with Crippen LogP contribution in [-0.4, -0.2) is 53.4 Å². The van der Waals surface area contributed by atoms with Crippen molar-refractivity contribution < 1.29 is 4.79 Å². The minimum absolute atomic E-state index is 0.0557. The molecule has 0 saturated carbocycles. The maximum atomic E-state index is 12.4. The van der Waals surface area contributed by atoms with E-state index in [4.69, 9.17) is 4.98 Å². The molecule has 6 heteroatoms. The molecule has 1 aromatic heterocycles. The summed E-state index contributed by atoms with van der Waals surface area (Å²) in [7, 11) is 0. The molecule has 1 saturated heterocycles. The Bertz CT molecular complexity index is 947. The number of anilines is 1. The standard InChI is InChI=1S/C24H28N4OS/c1-2-19-8-10-21(11-9-19)25-23(29)16-27-12-14-28(15-13-27)17-24-26-22(18-30-24)20-6-4-3-5-7-20/h3-11,18H,2,12-17H2,1H3,(H,25,29). The summed E-state index contributed by atoms with van der Waals surface area (Å²) in [6.45, 7) is 7.17. The van der Waals surface area contributed by atoms with Crippen LogP contribution in [0.2, 0.25) is 0 Å². The van der Waals surface area contributed by atoms with E-state index >= 15 is 0 Å². The van der Waals surface area contributed by atoms with Crippen molar-refractivity contribution >= 4 is 22.9 Å². The van der Waals surface area contributed by atoms with Crippen LogP contribution >= 0.6 is 11.3 Å². The molecule has 1 aliphatic rings. The van der Waals surface area contributed by atoms with Gasteiger partial charge in [0.2, 0.25) is 5.91 Å². The van der Waals surface area contributed by atoms with Crippen molar-refractivity contribution in [3.05, 3.63) is 70.5 Å². The summed E-state index contributed by atoms with van der Waals surface area (Å²) in [5.41, 5.74) is 4.37. The maximum absolute atomic E-state index is 12.4. The minimum atomic E-state index is 0.0557. The average molecular weight is 421 g/mol. The van der Waals surface area contributed by atoms with Crippen LogP contribution in [0.1, 0.15) is 17.5 Å². The van der Waals surface area contributed by atoms with E-state index < -0.39 is 0 Å². The van der Waals surface area contributed by atoms with E-state index in [0.29, 0.717) is 6.54 Å². The second-order valence-corrected chi connectivity index (χ2v) is 8.59. The first kappa shape index (κ1) is 20.7. The lowest BCUT2D eigenvalue weighted by molar-refractivity contribution is -0.117. The number of benzene rings is 2. The van der Waals surface area contributed by atoms with Crippen LogP contribution in [0, 0.1) is 0 Å². The van der Waals surface area contributed by atoms with E-state index in [1.54, 1.807) is 11.3 Å². The van der Waals surface area contributed by atoms with Crippen LogP contribution in [0.4, 0.5) is 5.69 Å². The zero-order chi connectivity index (χ0) is 20.8. The van der Waals surface area contributed by atoms with Gasteiger partial charge >= 0.3 is 0 Å². The first-order valence-corrected chi connectivity index (χ1v) is 11.4. The Morgan fingerprint density at radius 2 is 1.70 bits per heavy atom. The molecule has 0 aliphatic carbocycles. The number of aromatic nitrogens is 1. The number of nitrogens with one attached hydrogen (secondary N) is 1. The van der Waals surface area contributed by atoms with Gasteiger partial charge in [0, 0.05) is 42.8 Å². The maximum Gasteiger partial charge on any atom is 0.238 e. The van der Waals surface area contributed by atoms with Crippen LogP contribution in [0.25, 0.3) is 11.3 Å². The summed E-state index contributed by atoms with van der Waals surface area (Å²) in [5, 5.41) is 6.29. The molecule has 0 bridgehead atoms. The normalized spacial score (nSPS) is 15.2.